The Bertz CT molecular complexity index is 676. The molecule has 0 unspecified atom stereocenters. The fourth-order valence-corrected chi connectivity index (χ4v) is 2.38. The number of rotatable bonds is 4. The fraction of sp³-hybridized carbons (Fsp3) is 0.455. The number of carbonyl (C=O) groups excluding carboxylic acids is 1. The number of hydrogen-bond acceptors (Lipinski definition) is 6. The van der Waals surface area contributed by atoms with Gasteiger partial charge in [0.25, 0.3) is 5.56 Å². The van der Waals surface area contributed by atoms with Gasteiger partial charge in [0.05, 0.1) is 12.4 Å². The number of esters is 1. The van der Waals surface area contributed by atoms with Crippen molar-refractivity contribution >= 4 is 23.5 Å². The highest BCUT2D eigenvalue weighted by Gasteiger charge is 2.14. The summed E-state index contributed by atoms with van der Waals surface area (Å²) in [6, 6.07) is 0. The molecule has 102 valence electrons. The highest BCUT2D eigenvalue weighted by atomic mass is 32.2. The lowest BCUT2D eigenvalue weighted by molar-refractivity contribution is -0.139. The number of aromatic nitrogens is 4. The van der Waals surface area contributed by atoms with Gasteiger partial charge in [-0.05, 0) is 20.8 Å². The number of nitrogens with zero attached hydrogens (tertiary/aromatic N) is 3. The number of thioether (sulfide) groups is 1. The Labute approximate surface area is 113 Å². The molecule has 2 rings (SSSR count). The van der Waals surface area contributed by atoms with Crippen molar-refractivity contribution in [3.8, 4) is 0 Å². The molecule has 0 aliphatic heterocycles. The second-order valence-corrected chi connectivity index (χ2v) is 4.84. The minimum Gasteiger partial charge on any atom is -0.465 e. The first kappa shape index (κ1) is 13.6. The number of H-pyrrole nitrogens is 1. The molecule has 0 atom stereocenters. The van der Waals surface area contributed by atoms with Gasteiger partial charge in [0.2, 0.25) is 5.78 Å². The smallest absolute Gasteiger partial charge is 0.316 e. The predicted molar refractivity (Wildman–Crippen MR) is 70.4 cm³/mol. The van der Waals surface area contributed by atoms with Crippen LogP contribution in [0.1, 0.15) is 18.2 Å². The largest absolute Gasteiger partial charge is 0.465 e. The summed E-state index contributed by atoms with van der Waals surface area (Å²) in [5, 5.41) is 8.41. The van der Waals surface area contributed by atoms with Crippen molar-refractivity contribution in [3.05, 3.63) is 21.6 Å². The maximum Gasteiger partial charge on any atom is 0.316 e. The molecule has 1 N–H and O–H groups in total. The highest BCUT2D eigenvalue weighted by Crippen LogP contribution is 2.18. The minimum absolute atomic E-state index is 0.159. The van der Waals surface area contributed by atoms with E-state index in [0.717, 1.165) is 5.69 Å². The zero-order valence-electron chi connectivity index (χ0n) is 10.9. The summed E-state index contributed by atoms with van der Waals surface area (Å²) in [5.74, 6) is 0.231. The normalized spacial score (nSPS) is 10.9. The molecule has 0 aliphatic carbocycles. The van der Waals surface area contributed by atoms with Crippen LogP contribution in [0.3, 0.4) is 0 Å². The lowest BCUT2D eigenvalue weighted by Crippen LogP contribution is -2.15. The summed E-state index contributed by atoms with van der Waals surface area (Å²) < 4.78 is 6.57. The van der Waals surface area contributed by atoms with Crippen LogP contribution in [-0.2, 0) is 9.53 Å². The van der Waals surface area contributed by atoms with E-state index in [4.69, 9.17) is 4.74 Å². The average Bonchev–Trinajstić information content (AvgIpc) is 2.77. The first-order valence-corrected chi connectivity index (χ1v) is 6.76. The third-order valence-electron chi connectivity index (χ3n) is 2.70. The van der Waals surface area contributed by atoms with Crippen molar-refractivity contribution in [3.63, 3.8) is 0 Å². The van der Waals surface area contributed by atoms with Crippen LogP contribution in [-0.4, -0.2) is 37.9 Å². The number of carbonyl (C=O) groups is 1. The van der Waals surface area contributed by atoms with Crippen LogP contribution in [0.2, 0.25) is 0 Å². The molecule has 8 heteroatoms. The van der Waals surface area contributed by atoms with Gasteiger partial charge in [-0.1, -0.05) is 11.8 Å². The van der Waals surface area contributed by atoms with Gasteiger partial charge < -0.3 is 4.74 Å². The van der Waals surface area contributed by atoms with Gasteiger partial charge in [0.15, 0.2) is 5.16 Å². The molecule has 19 heavy (non-hydrogen) atoms. The molecule has 0 amide bonds. The van der Waals surface area contributed by atoms with Gasteiger partial charge in [0.1, 0.15) is 0 Å². The van der Waals surface area contributed by atoms with Crippen LogP contribution in [0.4, 0.5) is 0 Å². The summed E-state index contributed by atoms with van der Waals surface area (Å²) >= 11 is 1.23. The number of aromatic amines is 1. The molecule has 0 radical (unpaired) electrons. The maximum atomic E-state index is 11.6. The average molecular weight is 282 g/mol. The monoisotopic (exact) mass is 282 g/mol. The molecule has 7 nitrogen and oxygen atoms in total. The van der Waals surface area contributed by atoms with Gasteiger partial charge in [-0.25, -0.2) is 0 Å². The number of hydrogen-bond donors (Lipinski definition) is 1. The molecule has 0 saturated carbocycles. The molecule has 0 spiro atoms. The molecule has 0 saturated heterocycles. The Kier molecular flexibility index (Phi) is 3.89. The molecule has 2 aromatic heterocycles. The van der Waals surface area contributed by atoms with Gasteiger partial charge in [-0.15, -0.1) is 10.2 Å². The number of ether oxygens (including phenoxy) is 1. The van der Waals surface area contributed by atoms with E-state index >= 15 is 0 Å². The van der Waals surface area contributed by atoms with Gasteiger partial charge in [0, 0.05) is 11.3 Å². The molecular formula is C11H14N4O3S. The second kappa shape index (κ2) is 5.43. The van der Waals surface area contributed by atoms with Crippen molar-refractivity contribution in [2.75, 3.05) is 12.4 Å². The van der Waals surface area contributed by atoms with Crippen molar-refractivity contribution in [1.29, 1.82) is 0 Å². The molecule has 0 aromatic carbocycles. The molecule has 0 aliphatic rings. The summed E-state index contributed by atoms with van der Waals surface area (Å²) in [7, 11) is 0. The van der Waals surface area contributed by atoms with Crippen molar-refractivity contribution < 1.29 is 9.53 Å². The minimum atomic E-state index is -0.303. The van der Waals surface area contributed by atoms with Gasteiger partial charge in [-0.3, -0.25) is 19.0 Å². The van der Waals surface area contributed by atoms with E-state index in [1.54, 1.807) is 18.2 Å². The molecule has 2 heterocycles. The molecule has 0 fully saturated rings. The zero-order valence-corrected chi connectivity index (χ0v) is 11.7. The maximum absolute atomic E-state index is 11.6. The Morgan fingerprint density at radius 2 is 2.16 bits per heavy atom. The Morgan fingerprint density at radius 3 is 2.84 bits per heavy atom. The van der Waals surface area contributed by atoms with Gasteiger partial charge >= 0.3 is 5.97 Å². The van der Waals surface area contributed by atoms with Crippen LogP contribution in [0, 0.1) is 13.8 Å². The molecule has 2 aromatic rings. The Hall–Kier alpha value is -1.83. The van der Waals surface area contributed by atoms with E-state index < -0.39 is 0 Å². The Balaban J connectivity index is 2.32. The standard InChI is InChI=1S/C11H14N4O3S/c1-4-18-8(16)5-19-11-14-13-10-12-9(17)6(2)7(3)15(10)11/h4-5H2,1-3H3,(H,12,13,17). The molecular weight excluding hydrogens is 268 g/mol. The first-order valence-electron chi connectivity index (χ1n) is 5.77. The Morgan fingerprint density at radius 1 is 1.42 bits per heavy atom. The van der Waals surface area contributed by atoms with Crippen LogP contribution in [0.15, 0.2) is 9.95 Å². The highest BCUT2D eigenvalue weighted by molar-refractivity contribution is 7.99. The summed E-state index contributed by atoms with van der Waals surface area (Å²) in [4.78, 5) is 25.6. The van der Waals surface area contributed by atoms with E-state index in [0.29, 0.717) is 23.1 Å². The van der Waals surface area contributed by atoms with Crippen LogP contribution >= 0.6 is 11.8 Å². The summed E-state index contributed by atoms with van der Waals surface area (Å²) in [5.41, 5.74) is 1.18. The van der Waals surface area contributed by atoms with Gasteiger partial charge in [-0.2, -0.15) is 0 Å². The third kappa shape index (κ3) is 2.62. The van der Waals surface area contributed by atoms with Crippen molar-refractivity contribution in [2.24, 2.45) is 0 Å². The van der Waals surface area contributed by atoms with E-state index in [1.165, 1.54) is 11.8 Å². The van der Waals surface area contributed by atoms with E-state index in [9.17, 15) is 9.59 Å². The van der Waals surface area contributed by atoms with E-state index in [-0.39, 0.29) is 17.3 Å². The SMILES string of the molecule is CCOC(=O)CSc1nnc2[nH]c(=O)c(C)c(C)n12. The molecule has 0 bridgehead atoms. The lowest BCUT2D eigenvalue weighted by Gasteiger charge is -2.05. The van der Waals surface area contributed by atoms with Crippen molar-refractivity contribution in [1.82, 2.24) is 19.6 Å². The summed E-state index contributed by atoms with van der Waals surface area (Å²) in [6.07, 6.45) is 0. The quantitative estimate of drug-likeness (QED) is 0.655. The van der Waals surface area contributed by atoms with Crippen molar-refractivity contribution in [2.45, 2.75) is 25.9 Å². The second-order valence-electron chi connectivity index (χ2n) is 3.90. The van der Waals surface area contributed by atoms with E-state index in [1.807, 2.05) is 6.92 Å². The first-order chi connectivity index (χ1) is 9.04. The fourth-order valence-electron chi connectivity index (χ4n) is 1.60. The predicted octanol–water partition coefficient (Wildman–Crippen LogP) is 0.690. The zero-order chi connectivity index (χ0) is 14.0. The lowest BCUT2D eigenvalue weighted by atomic mass is 10.3. The van der Waals surface area contributed by atoms with Crippen LogP contribution in [0.25, 0.3) is 5.78 Å². The topological polar surface area (TPSA) is 89.3 Å². The number of aryl methyl sites for hydroxylation is 1. The van der Waals surface area contributed by atoms with Crippen LogP contribution < -0.4 is 5.56 Å². The number of nitrogens with one attached hydrogen (secondary N) is 1. The number of fused-ring (bicyclic) bond motifs is 1. The summed E-state index contributed by atoms with van der Waals surface area (Å²) in [6.45, 7) is 5.65. The third-order valence-corrected chi connectivity index (χ3v) is 3.60. The van der Waals surface area contributed by atoms with Crippen LogP contribution in [0.5, 0.6) is 0 Å². The van der Waals surface area contributed by atoms with E-state index in [2.05, 4.69) is 15.2 Å².